The molecule has 2 aromatic rings. The highest BCUT2D eigenvalue weighted by molar-refractivity contribution is 5.26. The summed E-state index contributed by atoms with van der Waals surface area (Å²) in [5.41, 5.74) is 4.33. The minimum absolute atomic E-state index is 0.593. The first kappa shape index (κ1) is 14.8. The van der Waals surface area contributed by atoms with Gasteiger partial charge in [0.2, 0.25) is 0 Å². The molecule has 20 heavy (non-hydrogen) atoms. The summed E-state index contributed by atoms with van der Waals surface area (Å²) in [6, 6.07) is 19.6. The van der Waals surface area contributed by atoms with Gasteiger partial charge in [-0.3, -0.25) is 0 Å². The summed E-state index contributed by atoms with van der Waals surface area (Å²) < 4.78 is 0. The maximum atomic E-state index is 3.50. The van der Waals surface area contributed by atoms with Crippen LogP contribution in [0.5, 0.6) is 0 Å². The molecule has 0 fully saturated rings. The molecule has 0 spiro atoms. The molecule has 2 rings (SSSR count). The van der Waals surface area contributed by atoms with Gasteiger partial charge in [0.15, 0.2) is 0 Å². The summed E-state index contributed by atoms with van der Waals surface area (Å²) in [5, 5.41) is 3.50. The van der Waals surface area contributed by atoms with Crippen molar-refractivity contribution in [3.63, 3.8) is 0 Å². The lowest BCUT2D eigenvalue weighted by Crippen LogP contribution is -2.21. The van der Waals surface area contributed by atoms with Crippen molar-refractivity contribution in [2.75, 3.05) is 13.1 Å². The van der Waals surface area contributed by atoms with Crippen molar-refractivity contribution in [3.05, 3.63) is 71.3 Å². The quantitative estimate of drug-likeness (QED) is 0.787. The molecule has 1 N–H and O–H groups in total. The summed E-state index contributed by atoms with van der Waals surface area (Å²) >= 11 is 0. The fraction of sp³-hybridized carbons (Fsp3) is 0.368. The van der Waals surface area contributed by atoms with Crippen LogP contribution in [0, 0.1) is 6.92 Å². The molecular formula is C19H25N. The molecule has 1 heteroatoms. The molecule has 2 aromatic carbocycles. The highest BCUT2D eigenvalue weighted by Crippen LogP contribution is 2.22. The molecule has 0 saturated heterocycles. The van der Waals surface area contributed by atoms with Gasteiger partial charge in [0.25, 0.3) is 0 Å². The number of aryl methyl sites for hydroxylation is 2. The van der Waals surface area contributed by atoms with Gasteiger partial charge in [0.1, 0.15) is 0 Å². The van der Waals surface area contributed by atoms with Gasteiger partial charge in [-0.1, -0.05) is 61.5 Å². The van der Waals surface area contributed by atoms with E-state index in [1.807, 2.05) is 0 Å². The Hall–Kier alpha value is -1.60. The van der Waals surface area contributed by atoms with E-state index < -0.39 is 0 Å². The van der Waals surface area contributed by atoms with E-state index in [0.717, 1.165) is 19.5 Å². The van der Waals surface area contributed by atoms with Crippen LogP contribution in [0.3, 0.4) is 0 Å². The average Bonchev–Trinajstić information content (AvgIpc) is 2.50. The van der Waals surface area contributed by atoms with Gasteiger partial charge in [-0.05, 0) is 48.9 Å². The highest BCUT2D eigenvalue weighted by atomic mass is 14.8. The van der Waals surface area contributed by atoms with Crippen LogP contribution in [-0.2, 0) is 6.42 Å². The molecule has 0 radical (unpaired) electrons. The lowest BCUT2D eigenvalue weighted by atomic mass is 9.91. The zero-order valence-electron chi connectivity index (χ0n) is 12.6. The summed E-state index contributed by atoms with van der Waals surface area (Å²) in [5.74, 6) is 0.593. The number of likely N-dealkylation sites (N-methyl/N-ethyl adjacent to an activating group) is 1. The van der Waals surface area contributed by atoms with E-state index in [0.29, 0.717) is 5.92 Å². The van der Waals surface area contributed by atoms with Crippen molar-refractivity contribution >= 4 is 0 Å². The number of nitrogens with one attached hydrogen (secondary N) is 1. The van der Waals surface area contributed by atoms with Crippen LogP contribution >= 0.6 is 0 Å². The summed E-state index contributed by atoms with van der Waals surface area (Å²) in [4.78, 5) is 0. The molecule has 1 nitrogen and oxygen atoms in total. The monoisotopic (exact) mass is 267 g/mol. The molecule has 0 aliphatic heterocycles. The Labute approximate surface area is 123 Å². The maximum Gasteiger partial charge on any atom is 0.00201 e. The molecule has 0 aliphatic rings. The molecular weight excluding hydrogens is 242 g/mol. The van der Waals surface area contributed by atoms with E-state index in [1.165, 1.54) is 23.1 Å². The fourth-order valence-corrected chi connectivity index (χ4v) is 2.65. The van der Waals surface area contributed by atoms with Gasteiger partial charge in [-0.25, -0.2) is 0 Å². The van der Waals surface area contributed by atoms with Gasteiger partial charge in [0.05, 0.1) is 0 Å². The van der Waals surface area contributed by atoms with Crippen molar-refractivity contribution in [3.8, 4) is 0 Å². The minimum atomic E-state index is 0.593. The molecule has 0 aliphatic carbocycles. The SMILES string of the molecule is CCNCC(CCc1ccccc1C)c1ccccc1. The lowest BCUT2D eigenvalue weighted by Gasteiger charge is -2.18. The van der Waals surface area contributed by atoms with Gasteiger partial charge < -0.3 is 5.32 Å². The van der Waals surface area contributed by atoms with E-state index >= 15 is 0 Å². The molecule has 1 atom stereocenters. The van der Waals surface area contributed by atoms with E-state index in [1.54, 1.807) is 0 Å². The van der Waals surface area contributed by atoms with E-state index in [2.05, 4.69) is 73.8 Å². The largest absolute Gasteiger partial charge is 0.316 e. The minimum Gasteiger partial charge on any atom is -0.316 e. The second-order valence-corrected chi connectivity index (χ2v) is 5.38. The highest BCUT2D eigenvalue weighted by Gasteiger charge is 2.11. The van der Waals surface area contributed by atoms with Crippen molar-refractivity contribution in [2.24, 2.45) is 0 Å². The number of hydrogen-bond acceptors (Lipinski definition) is 1. The second kappa shape index (κ2) is 7.86. The molecule has 1 unspecified atom stereocenters. The summed E-state index contributed by atoms with van der Waals surface area (Å²) in [6.45, 7) is 6.47. The topological polar surface area (TPSA) is 12.0 Å². The Morgan fingerprint density at radius 1 is 0.950 bits per heavy atom. The van der Waals surface area contributed by atoms with Crippen molar-refractivity contribution in [2.45, 2.75) is 32.6 Å². The predicted molar refractivity (Wildman–Crippen MR) is 87.2 cm³/mol. The second-order valence-electron chi connectivity index (χ2n) is 5.38. The zero-order valence-corrected chi connectivity index (χ0v) is 12.6. The first-order valence-electron chi connectivity index (χ1n) is 7.61. The Morgan fingerprint density at radius 3 is 2.35 bits per heavy atom. The van der Waals surface area contributed by atoms with Gasteiger partial charge in [-0.15, -0.1) is 0 Å². The van der Waals surface area contributed by atoms with Crippen molar-refractivity contribution in [1.82, 2.24) is 5.32 Å². The van der Waals surface area contributed by atoms with Crippen LogP contribution < -0.4 is 5.32 Å². The molecule has 0 aromatic heterocycles. The molecule has 0 amide bonds. The Kier molecular flexibility index (Phi) is 5.82. The van der Waals surface area contributed by atoms with E-state index in [4.69, 9.17) is 0 Å². The first-order chi connectivity index (χ1) is 9.81. The average molecular weight is 267 g/mol. The summed E-state index contributed by atoms with van der Waals surface area (Å²) in [6.07, 6.45) is 2.35. The molecule has 106 valence electrons. The van der Waals surface area contributed by atoms with Crippen LogP contribution in [-0.4, -0.2) is 13.1 Å². The van der Waals surface area contributed by atoms with Crippen LogP contribution in [0.25, 0.3) is 0 Å². The molecule has 0 saturated carbocycles. The van der Waals surface area contributed by atoms with E-state index in [9.17, 15) is 0 Å². The molecule has 0 heterocycles. The predicted octanol–water partition coefficient (Wildman–Crippen LogP) is 4.32. The number of hydrogen-bond donors (Lipinski definition) is 1. The van der Waals surface area contributed by atoms with Gasteiger partial charge >= 0.3 is 0 Å². The fourth-order valence-electron chi connectivity index (χ4n) is 2.65. The normalized spacial score (nSPS) is 12.3. The van der Waals surface area contributed by atoms with Gasteiger partial charge in [0, 0.05) is 6.54 Å². The van der Waals surface area contributed by atoms with Crippen LogP contribution in [0.2, 0.25) is 0 Å². The number of benzene rings is 2. The van der Waals surface area contributed by atoms with Crippen LogP contribution in [0.4, 0.5) is 0 Å². The third-order valence-corrected chi connectivity index (χ3v) is 3.94. The Morgan fingerprint density at radius 2 is 1.65 bits per heavy atom. The Balaban J connectivity index is 2.03. The standard InChI is InChI=1S/C19H25N/c1-3-20-15-19(18-11-5-4-6-12-18)14-13-17-10-8-7-9-16(17)2/h4-12,19-20H,3,13-15H2,1-2H3. The maximum absolute atomic E-state index is 3.50. The van der Waals surface area contributed by atoms with Crippen LogP contribution in [0.15, 0.2) is 54.6 Å². The van der Waals surface area contributed by atoms with Crippen molar-refractivity contribution < 1.29 is 0 Å². The third-order valence-electron chi connectivity index (χ3n) is 3.94. The van der Waals surface area contributed by atoms with E-state index in [-0.39, 0.29) is 0 Å². The Bertz CT molecular complexity index is 504. The number of rotatable bonds is 7. The van der Waals surface area contributed by atoms with Crippen molar-refractivity contribution in [1.29, 1.82) is 0 Å². The first-order valence-corrected chi connectivity index (χ1v) is 7.61. The lowest BCUT2D eigenvalue weighted by molar-refractivity contribution is 0.561. The van der Waals surface area contributed by atoms with Gasteiger partial charge in [-0.2, -0.15) is 0 Å². The van der Waals surface area contributed by atoms with Crippen LogP contribution in [0.1, 0.15) is 36.0 Å². The smallest absolute Gasteiger partial charge is 0.00201 e. The summed E-state index contributed by atoms with van der Waals surface area (Å²) in [7, 11) is 0. The molecule has 0 bridgehead atoms. The third kappa shape index (κ3) is 4.21. The zero-order chi connectivity index (χ0) is 14.2.